The Kier molecular flexibility index (Phi) is 4.11. The van der Waals surface area contributed by atoms with Crippen LogP contribution >= 0.6 is 0 Å². The van der Waals surface area contributed by atoms with Crippen LogP contribution in [0.25, 0.3) is 0 Å². The first-order chi connectivity index (χ1) is 3.85. The quantitative estimate of drug-likeness (QED) is 0.540. The van der Waals surface area contributed by atoms with Crippen LogP contribution in [0.15, 0.2) is 0 Å². The molecule has 1 radical (unpaired) electrons. The van der Waals surface area contributed by atoms with Crippen LogP contribution in [0.1, 0.15) is 0 Å². The molecule has 2 nitrogen and oxygen atoms in total. The molecule has 0 atom stereocenters. The molecule has 0 saturated heterocycles. The van der Waals surface area contributed by atoms with Crippen molar-refractivity contribution < 1.29 is 18.3 Å². The van der Waals surface area contributed by atoms with Gasteiger partial charge in [0.25, 0.3) is 0 Å². The van der Waals surface area contributed by atoms with E-state index in [0.29, 0.717) is 0 Å². The Morgan fingerprint density at radius 2 is 2.00 bits per heavy atom. The molecule has 0 aliphatic carbocycles. The number of halogens is 2. The molecular weight excluding hydrogens is 118 g/mol. The first-order valence-electron chi connectivity index (χ1n) is 1.99. The molecular formula is C4H5F2O2. The van der Waals surface area contributed by atoms with E-state index in [1.807, 2.05) is 0 Å². The summed E-state index contributed by atoms with van der Waals surface area (Å²) in [5.41, 5.74) is 0. The van der Waals surface area contributed by atoms with Gasteiger partial charge in [0.1, 0.15) is 13.3 Å². The fraction of sp³-hybridized carbons (Fsp3) is 0.750. The molecule has 0 aromatic carbocycles. The topological polar surface area (TPSA) is 26.3 Å². The van der Waals surface area contributed by atoms with Crippen molar-refractivity contribution in [2.75, 3.05) is 13.3 Å². The van der Waals surface area contributed by atoms with Gasteiger partial charge in [0.2, 0.25) is 0 Å². The number of hydrogen-bond acceptors (Lipinski definition) is 2. The van der Waals surface area contributed by atoms with E-state index in [4.69, 9.17) is 0 Å². The highest BCUT2D eigenvalue weighted by Gasteiger charge is 2.06. The number of rotatable bonds is 4. The lowest BCUT2D eigenvalue weighted by atomic mass is 10.4. The number of ether oxygens (including phenoxy) is 1. The molecule has 0 aliphatic heterocycles. The molecule has 47 valence electrons. The molecule has 8 heavy (non-hydrogen) atoms. The van der Waals surface area contributed by atoms with E-state index in [2.05, 4.69) is 4.74 Å². The molecule has 0 spiro atoms. The standard InChI is InChI=1S/C4H5F2O2/c5-1-4(2-6)8-3-7/h4H,1-2H2. The minimum absolute atomic E-state index is 0.940. The van der Waals surface area contributed by atoms with Gasteiger partial charge < -0.3 is 4.74 Å². The van der Waals surface area contributed by atoms with Crippen LogP contribution < -0.4 is 0 Å². The summed E-state index contributed by atoms with van der Waals surface area (Å²) in [6.45, 7) is -1.05. The maximum Gasteiger partial charge on any atom is 0.417 e. The van der Waals surface area contributed by atoms with E-state index in [0.717, 1.165) is 6.47 Å². The summed E-state index contributed by atoms with van der Waals surface area (Å²) in [5.74, 6) is 0. The average molecular weight is 123 g/mol. The molecule has 0 bridgehead atoms. The van der Waals surface area contributed by atoms with Gasteiger partial charge in [-0.25, -0.2) is 13.6 Å². The first-order valence-corrected chi connectivity index (χ1v) is 1.99. The van der Waals surface area contributed by atoms with Crippen LogP contribution in [0, 0.1) is 0 Å². The maximum atomic E-state index is 11.3. The van der Waals surface area contributed by atoms with Gasteiger partial charge in [-0.05, 0) is 0 Å². The molecule has 0 aliphatic rings. The van der Waals surface area contributed by atoms with Gasteiger partial charge in [-0.15, -0.1) is 0 Å². The Labute approximate surface area is 45.4 Å². The zero-order valence-electron chi connectivity index (χ0n) is 4.06. The normalized spacial score (nSPS) is 9.38. The third kappa shape index (κ3) is 2.49. The first kappa shape index (κ1) is 7.33. The fourth-order valence-corrected chi connectivity index (χ4v) is 0.172. The minimum atomic E-state index is -1.26. The second-order valence-electron chi connectivity index (χ2n) is 1.13. The molecule has 0 aromatic rings. The fourth-order valence-electron chi connectivity index (χ4n) is 0.172. The third-order valence-corrected chi connectivity index (χ3v) is 0.559. The van der Waals surface area contributed by atoms with E-state index in [1.54, 1.807) is 0 Å². The summed E-state index contributed by atoms with van der Waals surface area (Å²) in [4.78, 5) is 9.25. The van der Waals surface area contributed by atoms with Crippen molar-refractivity contribution in [2.45, 2.75) is 6.10 Å². The molecule has 0 aromatic heterocycles. The summed E-state index contributed by atoms with van der Waals surface area (Å²) < 4.78 is 26.4. The summed E-state index contributed by atoms with van der Waals surface area (Å²) in [5, 5.41) is 0. The predicted molar refractivity (Wildman–Crippen MR) is 22.5 cm³/mol. The van der Waals surface area contributed by atoms with Gasteiger partial charge >= 0.3 is 6.47 Å². The average Bonchev–Trinajstić information content (AvgIpc) is 1.83. The van der Waals surface area contributed by atoms with Crippen LogP contribution in [0.3, 0.4) is 0 Å². The predicted octanol–water partition coefficient (Wildman–Crippen LogP) is 0.378. The van der Waals surface area contributed by atoms with Crippen LogP contribution in [-0.4, -0.2) is 25.9 Å². The lowest BCUT2D eigenvalue weighted by molar-refractivity contribution is 0.116. The Balaban J connectivity index is 3.20. The summed E-state index contributed by atoms with van der Waals surface area (Å²) in [6.07, 6.45) is -1.26. The smallest absolute Gasteiger partial charge is 0.417 e. The van der Waals surface area contributed by atoms with Gasteiger partial charge in [-0.1, -0.05) is 0 Å². The highest BCUT2D eigenvalue weighted by Crippen LogP contribution is 1.90. The van der Waals surface area contributed by atoms with E-state index in [-0.39, 0.29) is 0 Å². The molecule has 0 N–H and O–H groups in total. The molecule has 4 heteroatoms. The van der Waals surface area contributed by atoms with Crippen LogP contribution in [0.5, 0.6) is 0 Å². The molecule has 0 saturated carbocycles. The second-order valence-corrected chi connectivity index (χ2v) is 1.13. The lowest BCUT2D eigenvalue weighted by Gasteiger charge is -2.01. The van der Waals surface area contributed by atoms with Crippen LogP contribution in [-0.2, 0) is 9.53 Å². The Morgan fingerprint density at radius 1 is 1.50 bits per heavy atom. The van der Waals surface area contributed by atoms with E-state index in [9.17, 15) is 13.6 Å². The summed E-state index contributed by atoms with van der Waals surface area (Å²) >= 11 is 0. The SMILES string of the molecule is O=[C]OC(CF)CF. The molecule has 0 amide bonds. The molecule has 0 fully saturated rings. The van der Waals surface area contributed by atoms with Crippen molar-refractivity contribution in [3.8, 4) is 0 Å². The van der Waals surface area contributed by atoms with Gasteiger partial charge in [-0.2, -0.15) is 0 Å². The maximum absolute atomic E-state index is 11.3. The Bertz CT molecular complexity index is 63.1. The summed E-state index contributed by atoms with van der Waals surface area (Å²) in [6, 6.07) is 0. The van der Waals surface area contributed by atoms with Crippen molar-refractivity contribution in [1.82, 2.24) is 0 Å². The van der Waals surface area contributed by atoms with E-state index < -0.39 is 19.5 Å². The van der Waals surface area contributed by atoms with Gasteiger partial charge in [0.05, 0.1) is 0 Å². The van der Waals surface area contributed by atoms with Crippen molar-refractivity contribution in [3.05, 3.63) is 0 Å². The number of carbonyl (C=O) groups excluding carboxylic acids is 1. The third-order valence-electron chi connectivity index (χ3n) is 0.559. The Hall–Kier alpha value is -0.670. The van der Waals surface area contributed by atoms with Gasteiger partial charge in [0.15, 0.2) is 6.10 Å². The van der Waals surface area contributed by atoms with Crippen molar-refractivity contribution in [1.29, 1.82) is 0 Å². The largest absolute Gasteiger partial charge is 0.448 e. The zero-order chi connectivity index (χ0) is 6.41. The van der Waals surface area contributed by atoms with Crippen molar-refractivity contribution in [3.63, 3.8) is 0 Å². The molecule has 0 rings (SSSR count). The second kappa shape index (κ2) is 4.49. The van der Waals surface area contributed by atoms with Gasteiger partial charge in [-0.3, -0.25) is 0 Å². The minimum Gasteiger partial charge on any atom is -0.448 e. The van der Waals surface area contributed by atoms with Gasteiger partial charge in [0, 0.05) is 0 Å². The van der Waals surface area contributed by atoms with E-state index in [1.165, 1.54) is 0 Å². The monoisotopic (exact) mass is 123 g/mol. The number of alkyl halides is 2. The lowest BCUT2D eigenvalue weighted by Crippen LogP contribution is -2.16. The number of hydrogen-bond donors (Lipinski definition) is 0. The molecule has 0 heterocycles. The van der Waals surface area contributed by atoms with E-state index >= 15 is 0 Å². The van der Waals surface area contributed by atoms with Crippen LogP contribution in [0.4, 0.5) is 8.78 Å². The van der Waals surface area contributed by atoms with Crippen LogP contribution in [0.2, 0.25) is 0 Å². The summed E-state index contributed by atoms with van der Waals surface area (Å²) in [7, 11) is 0. The Morgan fingerprint density at radius 3 is 2.12 bits per heavy atom. The molecule has 0 unspecified atom stereocenters. The highest BCUT2D eigenvalue weighted by atomic mass is 19.1. The highest BCUT2D eigenvalue weighted by molar-refractivity contribution is 5.38. The van der Waals surface area contributed by atoms with Crippen molar-refractivity contribution in [2.24, 2.45) is 0 Å². The zero-order valence-corrected chi connectivity index (χ0v) is 4.06. The van der Waals surface area contributed by atoms with Crippen molar-refractivity contribution >= 4 is 6.47 Å².